The Labute approximate surface area is 161 Å². The fourth-order valence-corrected chi connectivity index (χ4v) is 2.92. The van der Waals surface area contributed by atoms with Gasteiger partial charge in [0.1, 0.15) is 17.2 Å². The Hall–Kier alpha value is -3.93. The summed E-state index contributed by atoms with van der Waals surface area (Å²) in [6.45, 7) is 0. The zero-order valence-electron chi connectivity index (χ0n) is 15.1. The number of benzene rings is 3. The summed E-state index contributed by atoms with van der Waals surface area (Å²) >= 11 is 0. The molecule has 0 fully saturated rings. The van der Waals surface area contributed by atoms with Crippen LogP contribution in [-0.2, 0) is 0 Å². The predicted octanol–water partition coefficient (Wildman–Crippen LogP) is 4.20. The van der Waals surface area contributed by atoms with Crippen LogP contribution in [0.2, 0.25) is 0 Å². The smallest absolute Gasteiger partial charge is 0.248 e. The first-order valence-electron chi connectivity index (χ1n) is 8.63. The molecule has 0 unspecified atom stereocenters. The molecule has 0 bridgehead atoms. The van der Waals surface area contributed by atoms with Crippen LogP contribution < -0.4 is 15.2 Å². The van der Waals surface area contributed by atoms with Crippen molar-refractivity contribution in [1.29, 1.82) is 0 Å². The van der Waals surface area contributed by atoms with E-state index >= 15 is 0 Å². The van der Waals surface area contributed by atoms with E-state index in [1.165, 1.54) is 0 Å². The van der Waals surface area contributed by atoms with Crippen LogP contribution in [0.1, 0.15) is 10.4 Å². The van der Waals surface area contributed by atoms with Crippen LogP contribution in [0.15, 0.2) is 72.8 Å². The van der Waals surface area contributed by atoms with Crippen molar-refractivity contribution >= 4 is 16.7 Å². The minimum atomic E-state index is -0.467. The molecule has 1 heterocycles. The second kappa shape index (κ2) is 7.36. The van der Waals surface area contributed by atoms with E-state index in [-0.39, 0.29) is 0 Å². The molecule has 28 heavy (non-hydrogen) atoms. The first kappa shape index (κ1) is 17.5. The monoisotopic (exact) mass is 371 g/mol. The summed E-state index contributed by atoms with van der Waals surface area (Å²) in [6, 6.07) is 22.0. The lowest BCUT2D eigenvalue weighted by Gasteiger charge is -2.11. The van der Waals surface area contributed by atoms with Gasteiger partial charge in [-0.3, -0.25) is 4.79 Å². The molecule has 0 aliphatic rings. The number of amides is 1. The lowest BCUT2D eigenvalue weighted by Crippen LogP contribution is -2.10. The first-order valence-corrected chi connectivity index (χ1v) is 8.63. The summed E-state index contributed by atoms with van der Waals surface area (Å²) in [5.41, 5.74) is 7.30. The van der Waals surface area contributed by atoms with Gasteiger partial charge in [0, 0.05) is 21.9 Å². The van der Waals surface area contributed by atoms with Crippen molar-refractivity contribution in [2.45, 2.75) is 0 Å². The average molecular weight is 371 g/mol. The number of carbonyl (C=O) groups is 1. The Bertz CT molecular complexity index is 1140. The van der Waals surface area contributed by atoms with Crippen LogP contribution in [0.25, 0.3) is 22.0 Å². The highest BCUT2D eigenvalue weighted by atomic mass is 16.5. The number of nitrogens with zero attached hydrogens (tertiary/aromatic N) is 2. The zero-order valence-corrected chi connectivity index (χ0v) is 15.1. The lowest BCUT2D eigenvalue weighted by atomic mass is 10.0. The molecule has 0 radical (unpaired) electrons. The van der Waals surface area contributed by atoms with Crippen LogP contribution in [0.5, 0.6) is 17.4 Å². The number of carbonyl (C=O) groups excluding carboxylic acids is 1. The van der Waals surface area contributed by atoms with Crippen molar-refractivity contribution in [2.75, 3.05) is 7.11 Å². The minimum absolute atomic E-state index is 0.415. The molecule has 6 heteroatoms. The molecule has 0 saturated carbocycles. The highest BCUT2D eigenvalue weighted by molar-refractivity contribution is 5.98. The number of rotatable bonds is 5. The van der Waals surface area contributed by atoms with Gasteiger partial charge in [-0.2, -0.15) is 0 Å². The Balaban J connectivity index is 1.74. The number of methoxy groups -OCH3 is 1. The van der Waals surface area contributed by atoms with Gasteiger partial charge in [-0.25, -0.2) is 0 Å². The maximum Gasteiger partial charge on any atom is 0.248 e. The van der Waals surface area contributed by atoms with Crippen LogP contribution >= 0.6 is 0 Å². The quantitative estimate of drug-likeness (QED) is 0.568. The van der Waals surface area contributed by atoms with E-state index in [1.807, 2.05) is 48.5 Å². The van der Waals surface area contributed by atoms with Crippen LogP contribution in [0, 0.1) is 0 Å². The Kier molecular flexibility index (Phi) is 4.60. The molecule has 4 aromatic rings. The topological polar surface area (TPSA) is 87.3 Å². The van der Waals surface area contributed by atoms with Crippen LogP contribution in [0.4, 0.5) is 0 Å². The van der Waals surface area contributed by atoms with Crippen LogP contribution in [0.3, 0.4) is 0 Å². The standard InChI is InChI=1S/C22H17N3O3/c1-27-16-10-12-17(13-11-16)28-22-19-5-3-2-4-18(19)20(24-25-22)14-6-8-15(9-7-14)21(23)26/h2-13H,1H3,(H2,23,26). The van der Waals surface area contributed by atoms with Gasteiger partial charge in [-0.15, -0.1) is 10.2 Å². The normalized spacial score (nSPS) is 10.6. The maximum atomic E-state index is 11.3. The third-order valence-corrected chi connectivity index (χ3v) is 4.37. The van der Waals surface area contributed by atoms with Gasteiger partial charge in [-0.05, 0) is 42.5 Å². The number of nitrogens with two attached hydrogens (primary N) is 1. The third-order valence-electron chi connectivity index (χ3n) is 4.37. The largest absolute Gasteiger partial charge is 0.497 e. The lowest BCUT2D eigenvalue weighted by molar-refractivity contribution is 0.100. The zero-order chi connectivity index (χ0) is 19.5. The second-order valence-corrected chi connectivity index (χ2v) is 6.12. The molecule has 2 N–H and O–H groups in total. The van der Waals surface area contributed by atoms with E-state index in [1.54, 1.807) is 31.4 Å². The van der Waals surface area contributed by atoms with Gasteiger partial charge in [0.15, 0.2) is 0 Å². The summed E-state index contributed by atoms with van der Waals surface area (Å²) in [6.07, 6.45) is 0. The molecular formula is C22H17N3O3. The van der Waals surface area contributed by atoms with E-state index in [4.69, 9.17) is 15.2 Å². The molecule has 0 aliphatic heterocycles. The highest BCUT2D eigenvalue weighted by Crippen LogP contribution is 2.33. The highest BCUT2D eigenvalue weighted by Gasteiger charge is 2.13. The van der Waals surface area contributed by atoms with E-state index < -0.39 is 5.91 Å². The van der Waals surface area contributed by atoms with E-state index in [9.17, 15) is 4.79 Å². The maximum absolute atomic E-state index is 11.3. The molecule has 1 amide bonds. The minimum Gasteiger partial charge on any atom is -0.497 e. The van der Waals surface area contributed by atoms with Crippen molar-refractivity contribution in [3.8, 4) is 28.6 Å². The van der Waals surface area contributed by atoms with Gasteiger partial charge < -0.3 is 15.2 Å². The summed E-state index contributed by atoms with van der Waals surface area (Å²) in [4.78, 5) is 11.3. The second-order valence-electron chi connectivity index (χ2n) is 6.12. The van der Waals surface area contributed by atoms with E-state index in [0.29, 0.717) is 22.9 Å². The van der Waals surface area contributed by atoms with Crippen LogP contribution in [-0.4, -0.2) is 23.2 Å². The van der Waals surface area contributed by atoms with E-state index in [2.05, 4.69) is 10.2 Å². The van der Waals surface area contributed by atoms with Gasteiger partial charge in [0.05, 0.1) is 7.11 Å². The van der Waals surface area contributed by atoms with Crippen molar-refractivity contribution < 1.29 is 14.3 Å². The number of hydrogen-bond acceptors (Lipinski definition) is 5. The molecule has 0 atom stereocenters. The molecule has 0 saturated heterocycles. The molecule has 0 spiro atoms. The van der Waals surface area contributed by atoms with Crippen molar-refractivity contribution in [1.82, 2.24) is 10.2 Å². The van der Waals surface area contributed by atoms with Crippen molar-refractivity contribution in [2.24, 2.45) is 5.73 Å². The molecule has 4 rings (SSSR count). The fraction of sp³-hybridized carbons (Fsp3) is 0.0455. The molecule has 1 aromatic heterocycles. The number of primary amides is 1. The molecule has 3 aromatic carbocycles. The molecule has 0 aliphatic carbocycles. The predicted molar refractivity (Wildman–Crippen MR) is 107 cm³/mol. The number of aromatic nitrogens is 2. The summed E-state index contributed by atoms with van der Waals surface area (Å²) in [5, 5.41) is 10.4. The number of hydrogen-bond donors (Lipinski definition) is 1. The van der Waals surface area contributed by atoms with Gasteiger partial charge in [0.2, 0.25) is 11.8 Å². The Morgan fingerprint density at radius 3 is 2.11 bits per heavy atom. The Morgan fingerprint density at radius 1 is 0.821 bits per heavy atom. The summed E-state index contributed by atoms with van der Waals surface area (Å²) < 4.78 is 11.1. The van der Waals surface area contributed by atoms with Gasteiger partial charge >= 0.3 is 0 Å². The molecular weight excluding hydrogens is 354 g/mol. The SMILES string of the molecule is COc1ccc(Oc2nnc(-c3ccc(C(N)=O)cc3)c3ccccc23)cc1. The number of ether oxygens (including phenoxy) is 2. The Morgan fingerprint density at radius 2 is 1.46 bits per heavy atom. The number of fused-ring (bicyclic) bond motifs is 1. The first-order chi connectivity index (χ1) is 13.7. The van der Waals surface area contributed by atoms with Gasteiger partial charge in [-0.1, -0.05) is 30.3 Å². The summed E-state index contributed by atoms with van der Waals surface area (Å²) in [7, 11) is 1.61. The average Bonchev–Trinajstić information content (AvgIpc) is 2.74. The molecule has 6 nitrogen and oxygen atoms in total. The van der Waals surface area contributed by atoms with Crippen molar-refractivity contribution in [3.05, 3.63) is 78.4 Å². The van der Waals surface area contributed by atoms with E-state index in [0.717, 1.165) is 22.1 Å². The third kappa shape index (κ3) is 3.35. The fourth-order valence-electron chi connectivity index (χ4n) is 2.92. The van der Waals surface area contributed by atoms with Crippen molar-refractivity contribution in [3.63, 3.8) is 0 Å². The molecule has 138 valence electrons. The summed E-state index contributed by atoms with van der Waals surface area (Å²) in [5.74, 6) is 1.33. The van der Waals surface area contributed by atoms with Gasteiger partial charge in [0.25, 0.3) is 0 Å².